The van der Waals surface area contributed by atoms with Crippen molar-refractivity contribution in [1.29, 1.82) is 0 Å². The van der Waals surface area contributed by atoms with Gasteiger partial charge in [-0.1, -0.05) is 17.7 Å². The molecule has 0 saturated carbocycles. The van der Waals surface area contributed by atoms with Gasteiger partial charge in [0.15, 0.2) is 0 Å². The van der Waals surface area contributed by atoms with E-state index in [4.69, 9.17) is 4.74 Å². The molecule has 0 radical (unpaired) electrons. The summed E-state index contributed by atoms with van der Waals surface area (Å²) in [5.74, 6) is 0.0109. The number of aryl methyl sites for hydroxylation is 2. The predicted octanol–water partition coefficient (Wildman–Crippen LogP) is 1.23. The lowest BCUT2D eigenvalue weighted by Gasteiger charge is -2.08. The summed E-state index contributed by atoms with van der Waals surface area (Å²) in [7, 11) is -2.30. The van der Waals surface area contributed by atoms with E-state index in [2.05, 4.69) is 19.9 Å². The number of hydrogen-bond acceptors (Lipinski definition) is 5. The summed E-state index contributed by atoms with van der Waals surface area (Å²) < 4.78 is 31.5. The molecule has 0 amide bonds. The highest BCUT2D eigenvalue weighted by molar-refractivity contribution is 7.92. The first-order valence-corrected chi connectivity index (χ1v) is 6.97. The number of benzene rings is 1. The zero-order valence-corrected chi connectivity index (χ0v) is 11.6. The van der Waals surface area contributed by atoms with Gasteiger partial charge in [-0.3, -0.25) is 0 Å². The van der Waals surface area contributed by atoms with Gasteiger partial charge in [0.1, 0.15) is 0 Å². The third-order valence-electron chi connectivity index (χ3n) is 2.50. The molecule has 1 heterocycles. The van der Waals surface area contributed by atoms with Crippen LogP contribution >= 0.6 is 0 Å². The van der Waals surface area contributed by atoms with E-state index >= 15 is 0 Å². The second-order valence-electron chi connectivity index (χ2n) is 4.05. The number of methoxy groups -OCH3 is 1. The second kappa shape index (κ2) is 4.88. The Labute approximate surface area is 111 Å². The quantitative estimate of drug-likeness (QED) is 0.879. The molecule has 8 heteroatoms. The van der Waals surface area contributed by atoms with Gasteiger partial charge in [-0.25, -0.2) is 18.2 Å². The van der Waals surface area contributed by atoms with Gasteiger partial charge in [0.25, 0.3) is 10.0 Å². The average Bonchev–Trinajstić information content (AvgIpc) is 2.75. The minimum Gasteiger partial charge on any atom is -0.466 e. The third-order valence-corrected chi connectivity index (χ3v) is 4.00. The zero-order valence-electron chi connectivity index (χ0n) is 10.8. The number of aromatic nitrogens is 3. The number of hydrogen-bond donors (Lipinski definition) is 2. The lowest BCUT2D eigenvalue weighted by molar-refractivity contribution is 0.382. The summed E-state index contributed by atoms with van der Waals surface area (Å²) in [6.07, 6.45) is 0. The number of anilines is 1. The van der Waals surface area contributed by atoms with E-state index in [1.807, 2.05) is 6.92 Å². The molecule has 2 N–H and O–H groups in total. The Kier molecular flexibility index (Phi) is 3.43. The SMILES string of the molecule is COc1n[nH]c(NS(=O)(=O)c2ccc(C)cc2C)n1. The van der Waals surface area contributed by atoms with Crippen LogP contribution in [0, 0.1) is 13.8 Å². The van der Waals surface area contributed by atoms with Crippen molar-refractivity contribution in [3.05, 3.63) is 29.3 Å². The molecule has 7 nitrogen and oxygen atoms in total. The zero-order chi connectivity index (χ0) is 14.0. The Hall–Kier alpha value is -2.09. The minimum absolute atomic E-state index is 0.0109. The maximum absolute atomic E-state index is 12.2. The van der Waals surface area contributed by atoms with Gasteiger partial charge in [0, 0.05) is 0 Å². The van der Waals surface area contributed by atoms with Gasteiger partial charge < -0.3 is 4.74 Å². The standard InChI is InChI=1S/C11H14N4O3S/c1-7-4-5-9(8(2)6-7)19(16,17)15-10-12-11(18-3)14-13-10/h4-6H,1-3H3,(H2,12,13,14,15). The molecular formula is C11H14N4O3S. The monoisotopic (exact) mass is 282 g/mol. The molecule has 2 aromatic rings. The Bertz CT molecular complexity index is 694. The van der Waals surface area contributed by atoms with Crippen LogP contribution in [0.3, 0.4) is 0 Å². The van der Waals surface area contributed by atoms with Crippen LogP contribution < -0.4 is 9.46 Å². The predicted molar refractivity (Wildman–Crippen MR) is 69.7 cm³/mol. The van der Waals surface area contributed by atoms with E-state index in [0.717, 1.165) is 5.56 Å². The van der Waals surface area contributed by atoms with Crippen LogP contribution in [0.15, 0.2) is 23.1 Å². The van der Waals surface area contributed by atoms with Crippen LogP contribution in [-0.2, 0) is 10.0 Å². The average molecular weight is 282 g/mol. The maximum Gasteiger partial charge on any atom is 0.336 e. The fraction of sp³-hybridized carbons (Fsp3) is 0.273. The van der Waals surface area contributed by atoms with Gasteiger partial charge in [-0.05, 0) is 25.5 Å². The molecule has 1 aromatic heterocycles. The molecule has 2 rings (SSSR count). The van der Waals surface area contributed by atoms with Crippen molar-refractivity contribution in [3.63, 3.8) is 0 Å². The Morgan fingerprint density at radius 2 is 2.05 bits per heavy atom. The fourth-order valence-electron chi connectivity index (χ4n) is 1.67. The molecule has 0 spiro atoms. The number of sulfonamides is 1. The molecule has 0 bridgehead atoms. The summed E-state index contributed by atoms with van der Waals surface area (Å²) in [6.45, 7) is 3.64. The first-order chi connectivity index (χ1) is 8.92. The highest BCUT2D eigenvalue weighted by Gasteiger charge is 2.18. The number of nitrogens with one attached hydrogen (secondary N) is 2. The second-order valence-corrected chi connectivity index (χ2v) is 5.70. The van der Waals surface area contributed by atoms with Crippen molar-refractivity contribution in [3.8, 4) is 6.01 Å². The number of nitrogens with zero attached hydrogens (tertiary/aromatic N) is 2. The molecule has 0 saturated heterocycles. The van der Waals surface area contributed by atoms with Gasteiger partial charge in [0.05, 0.1) is 12.0 Å². The van der Waals surface area contributed by atoms with Crippen molar-refractivity contribution in [2.75, 3.05) is 11.8 Å². The van der Waals surface area contributed by atoms with Crippen LogP contribution in [0.1, 0.15) is 11.1 Å². The Morgan fingerprint density at radius 3 is 2.63 bits per heavy atom. The van der Waals surface area contributed by atoms with E-state index < -0.39 is 10.0 Å². The van der Waals surface area contributed by atoms with Gasteiger partial charge in [0.2, 0.25) is 5.95 Å². The van der Waals surface area contributed by atoms with Gasteiger partial charge in [-0.2, -0.15) is 4.98 Å². The summed E-state index contributed by atoms with van der Waals surface area (Å²) in [6, 6.07) is 5.16. The van der Waals surface area contributed by atoms with Crippen LogP contribution in [0.4, 0.5) is 5.95 Å². The summed E-state index contributed by atoms with van der Waals surface area (Å²) in [5.41, 5.74) is 1.66. The highest BCUT2D eigenvalue weighted by Crippen LogP contribution is 2.19. The lowest BCUT2D eigenvalue weighted by atomic mass is 10.2. The number of rotatable bonds is 4. The normalized spacial score (nSPS) is 11.3. The molecule has 0 unspecified atom stereocenters. The molecule has 0 atom stereocenters. The van der Waals surface area contributed by atoms with Crippen molar-refractivity contribution in [1.82, 2.24) is 15.2 Å². The number of H-pyrrole nitrogens is 1. The topological polar surface area (TPSA) is 97.0 Å². The molecule has 0 aliphatic heterocycles. The summed E-state index contributed by atoms with van der Waals surface area (Å²) >= 11 is 0. The summed E-state index contributed by atoms with van der Waals surface area (Å²) in [4.78, 5) is 4.01. The van der Waals surface area contributed by atoms with Crippen molar-refractivity contribution in [2.45, 2.75) is 18.7 Å². The van der Waals surface area contributed by atoms with Crippen LogP contribution in [0.25, 0.3) is 0 Å². The van der Waals surface area contributed by atoms with Crippen LogP contribution in [-0.4, -0.2) is 30.7 Å². The molecule has 1 aromatic carbocycles. The third kappa shape index (κ3) is 2.84. The highest BCUT2D eigenvalue weighted by atomic mass is 32.2. The van der Waals surface area contributed by atoms with E-state index in [1.54, 1.807) is 25.1 Å². The molecule has 0 aliphatic rings. The van der Waals surface area contributed by atoms with E-state index in [-0.39, 0.29) is 16.9 Å². The molecule has 0 aliphatic carbocycles. The molecule has 19 heavy (non-hydrogen) atoms. The Balaban J connectivity index is 2.32. The van der Waals surface area contributed by atoms with Crippen molar-refractivity contribution >= 4 is 16.0 Å². The number of ether oxygens (including phenoxy) is 1. The first-order valence-electron chi connectivity index (χ1n) is 5.49. The first kappa shape index (κ1) is 13.3. The van der Waals surface area contributed by atoms with Gasteiger partial charge >= 0.3 is 6.01 Å². The Morgan fingerprint density at radius 1 is 1.32 bits per heavy atom. The summed E-state index contributed by atoms with van der Waals surface area (Å²) in [5, 5.41) is 6.10. The fourth-order valence-corrected chi connectivity index (χ4v) is 2.85. The largest absolute Gasteiger partial charge is 0.466 e. The van der Waals surface area contributed by atoms with E-state index in [9.17, 15) is 8.42 Å². The molecular weight excluding hydrogens is 268 g/mol. The smallest absolute Gasteiger partial charge is 0.336 e. The van der Waals surface area contributed by atoms with Crippen LogP contribution in [0.5, 0.6) is 6.01 Å². The van der Waals surface area contributed by atoms with E-state index in [1.165, 1.54) is 7.11 Å². The number of aromatic amines is 1. The van der Waals surface area contributed by atoms with Gasteiger partial charge in [-0.15, -0.1) is 5.10 Å². The molecule has 0 fully saturated rings. The lowest BCUT2D eigenvalue weighted by Crippen LogP contribution is -2.15. The van der Waals surface area contributed by atoms with Crippen LogP contribution in [0.2, 0.25) is 0 Å². The van der Waals surface area contributed by atoms with Crippen molar-refractivity contribution < 1.29 is 13.2 Å². The van der Waals surface area contributed by atoms with Crippen molar-refractivity contribution in [2.24, 2.45) is 0 Å². The maximum atomic E-state index is 12.2. The van der Waals surface area contributed by atoms with E-state index in [0.29, 0.717) is 5.56 Å². The molecule has 102 valence electrons. The minimum atomic E-state index is -3.69.